The third-order valence-electron chi connectivity index (χ3n) is 4.27. The van der Waals surface area contributed by atoms with Crippen LogP contribution in [0.1, 0.15) is 32.3 Å². The van der Waals surface area contributed by atoms with E-state index in [1.54, 1.807) is 0 Å². The van der Waals surface area contributed by atoms with Gasteiger partial charge >= 0.3 is 0 Å². The highest BCUT2D eigenvalue weighted by atomic mass is 15.2. The number of hydrogen-bond acceptors (Lipinski definition) is 1. The molecule has 0 amide bonds. The van der Waals surface area contributed by atoms with Gasteiger partial charge in [0.25, 0.3) is 0 Å². The molecule has 0 aliphatic carbocycles. The summed E-state index contributed by atoms with van der Waals surface area (Å²) in [5.41, 5.74) is 2.99. The zero-order valence-corrected chi connectivity index (χ0v) is 12.1. The molecular formula is C17H24N2. The highest BCUT2D eigenvalue weighted by Gasteiger charge is 2.24. The molecule has 1 aromatic carbocycles. The third-order valence-corrected chi connectivity index (χ3v) is 4.27. The fourth-order valence-corrected chi connectivity index (χ4v) is 3.50. The number of nitrogens with zero attached hydrogens (tertiary/aromatic N) is 2. The van der Waals surface area contributed by atoms with E-state index >= 15 is 0 Å². The SMILES string of the molecule is CCCN(CCC)[C@@H]1Cc2cccc3ccn(c23)C1. The van der Waals surface area contributed by atoms with E-state index in [4.69, 9.17) is 0 Å². The van der Waals surface area contributed by atoms with Crippen LogP contribution < -0.4 is 0 Å². The third kappa shape index (κ3) is 2.30. The number of rotatable bonds is 5. The number of benzene rings is 1. The molecule has 0 saturated heterocycles. The maximum atomic E-state index is 2.68. The minimum atomic E-state index is 0.672. The molecule has 1 atom stereocenters. The fraction of sp³-hybridized carbons (Fsp3) is 0.529. The lowest BCUT2D eigenvalue weighted by Gasteiger charge is -2.35. The summed E-state index contributed by atoms with van der Waals surface area (Å²) in [6.45, 7) is 8.18. The van der Waals surface area contributed by atoms with Crippen molar-refractivity contribution in [3.05, 3.63) is 36.0 Å². The number of para-hydroxylation sites is 1. The Morgan fingerprint density at radius 3 is 2.68 bits per heavy atom. The molecule has 1 aliphatic rings. The van der Waals surface area contributed by atoms with Crippen molar-refractivity contribution in [1.29, 1.82) is 0 Å². The Kier molecular flexibility index (Phi) is 3.61. The lowest BCUT2D eigenvalue weighted by molar-refractivity contribution is 0.174. The van der Waals surface area contributed by atoms with Crippen LogP contribution >= 0.6 is 0 Å². The van der Waals surface area contributed by atoms with E-state index in [2.05, 4.69) is 53.8 Å². The van der Waals surface area contributed by atoms with Crippen molar-refractivity contribution < 1.29 is 0 Å². The summed E-state index contributed by atoms with van der Waals surface area (Å²) >= 11 is 0. The monoisotopic (exact) mass is 256 g/mol. The van der Waals surface area contributed by atoms with E-state index in [-0.39, 0.29) is 0 Å². The van der Waals surface area contributed by atoms with Gasteiger partial charge in [0.1, 0.15) is 0 Å². The van der Waals surface area contributed by atoms with E-state index in [0.29, 0.717) is 6.04 Å². The van der Waals surface area contributed by atoms with Crippen LogP contribution in [0.5, 0.6) is 0 Å². The van der Waals surface area contributed by atoms with Gasteiger partial charge < -0.3 is 4.57 Å². The van der Waals surface area contributed by atoms with Gasteiger partial charge in [0.05, 0.1) is 5.52 Å². The largest absolute Gasteiger partial charge is 0.346 e. The van der Waals surface area contributed by atoms with Gasteiger partial charge in [0.2, 0.25) is 0 Å². The van der Waals surface area contributed by atoms with Gasteiger partial charge in [0.15, 0.2) is 0 Å². The molecule has 0 N–H and O–H groups in total. The highest BCUT2D eigenvalue weighted by molar-refractivity contribution is 5.84. The first-order valence-electron chi connectivity index (χ1n) is 7.64. The molecule has 2 heterocycles. The molecule has 1 aromatic heterocycles. The second-order valence-corrected chi connectivity index (χ2v) is 5.72. The van der Waals surface area contributed by atoms with Gasteiger partial charge in [-0.1, -0.05) is 32.0 Å². The van der Waals surface area contributed by atoms with Crippen molar-refractivity contribution in [2.24, 2.45) is 0 Å². The Morgan fingerprint density at radius 1 is 1.16 bits per heavy atom. The second-order valence-electron chi connectivity index (χ2n) is 5.72. The first-order valence-corrected chi connectivity index (χ1v) is 7.64. The van der Waals surface area contributed by atoms with Crippen molar-refractivity contribution in [3.63, 3.8) is 0 Å². The average molecular weight is 256 g/mol. The van der Waals surface area contributed by atoms with Crippen molar-refractivity contribution in [2.75, 3.05) is 13.1 Å². The minimum absolute atomic E-state index is 0.672. The van der Waals surface area contributed by atoms with Crippen molar-refractivity contribution >= 4 is 10.9 Å². The normalized spacial score (nSPS) is 18.4. The molecule has 0 fully saturated rings. The molecule has 2 nitrogen and oxygen atoms in total. The lowest BCUT2D eigenvalue weighted by atomic mass is 9.98. The summed E-state index contributed by atoms with van der Waals surface area (Å²) in [7, 11) is 0. The predicted octanol–water partition coefficient (Wildman–Crippen LogP) is 3.69. The smallest absolute Gasteiger partial charge is 0.0513 e. The molecule has 3 rings (SSSR count). The number of hydrogen-bond donors (Lipinski definition) is 0. The van der Waals surface area contributed by atoms with Crippen LogP contribution in [0, 0.1) is 0 Å². The molecule has 102 valence electrons. The van der Waals surface area contributed by atoms with Crippen LogP contribution in [0.2, 0.25) is 0 Å². The van der Waals surface area contributed by atoms with E-state index in [1.165, 1.54) is 48.8 Å². The molecule has 19 heavy (non-hydrogen) atoms. The maximum absolute atomic E-state index is 2.68. The molecule has 0 unspecified atom stereocenters. The van der Waals surface area contributed by atoms with Crippen molar-refractivity contribution in [2.45, 2.75) is 45.7 Å². The maximum Gasteiger partial charge on any atom is 0.0513 e. The Balaban J connectivity index is 1.89. The first kappa shape index (κ1) is 12.7. The zero-order valence-electron chi connectivity index (χ0n) is 12.1. The molecule has 0 saturated carbocycles. The highest BCUT2D eigenvalue weighted by Crippen LogP contribution is 2.28. The molecule has 2 aromatic rings. The number of aromatic nitrogens is 1. The van der Waals surface area contributed by atoms with Crippen LogP contribution in [0.15, 0.2) is 30.5 Å². The average Bonchev–Trinajstić information content (AvgIpc) is 2.84. The summed E-state index contributed by atoms with van der Waals surface area (Å²) in [6.07, 6.45) is 5.97. The van der Waals surface area contributed by atoms with Crippen LogP contribution in [0.4, 0.5) is 0 Å². The molecule has 0 bridgehead atoms. The Bertz CT molecular complexity index is 549. The van der Waals surface area contributed by atoms with Gasteiger partial charge in [-0.05, 0) is 49.4 Å². The van der Waals surface area contributed by atoms with Gasteiger partial charge in [-0.2, -0.15) is 0 Å². The Hall–Kier alpha value is -1.28. The summed E-state index contributed by atoms with van der Waals surface area (Å²) < 4.78 is 2.46. The van der Waals surface area contributed by atoms with Gasteiger partial charge in [0, 0.05) is 18.8 Å². The van der Waals surface area contributed by atoms with Gasteiger partial charge in [-0.25, -0.2) is 0 Å². The summed E-state index contributed by atoms with van der Waals surface area (Å²) in [5, 5.41) is 1.40. The molecule has 2 heteroatoms. The van der Waals surface area contributed by atoms with Crippen LogP contribution in [0.25, 0.3) is 10.9 Å². The van der Waals surface area contributed by atoms with Gasteiger partial charge in [-0.3, -0.25) is 4.90 Å². The van der Waals surface area contributed by atoms with Crippen molar-refractivity contribution in [3.8, 4) is 0 Å². The van der Waals surface area contributed by atoms with E-state index in [0.717, 1.165) is 6.54 Å². The second kappa shape index (κ2) is 5.38. The van der Waals surface area contributed by atoms with E-state index in [9.17, 15) is 0 Å². The molecular weight excluding hydrogens is 232 g/mol. The predicted molar refractivity (Wildman–Crippen MR) is 81.6 cm³/mol. The van der Waals surface area contributed by atoms with Crippen molar-refractivity contribution in [1.82, 2.24) is 9.47 Å². The topological polar surface area (TPSA) is 8.17 Å². The van der Waals surface area contributed by atoms with E-state index in [1.807, 2.05) is 0 Å². The fourth-order valence-electron chi connectivity index (χ4n) is 3.50. The summed E-state index contributed by atoms with van der Waals surface area (Å²) in [4.78, 5) is 2.68. The first-order chi connectivity index (χ1) is 9.33. The van der Waals surface area contributed by atoms with Gasteiger partial charge in [-0.15, -0.1) is 0 Å². The van der Waals surface area contributed by atoms with E-state index < -0.39 is 0 Å². The molecule has 1 aliphatic heterocycles. The van der Waals surface area contributed by atoms with Crippen LogP contribution in [0.3, 0.4) is 0 Å². The Labute approximate surface area is 116 Å². The quantitative estimate of drug-likeness (QED) is 0.792. The summed E-state index contributed by atoms with van der Waals surface area (Å²) in [5.74, 6) is 0. The minimum Gasteiger partial charge on any atom is -0.346 e. The lowest BCUT2D eigenvalue weighted by Crippen LogP contribution is -2.42. The zero-order chi connectivity index (χ0) is 13.2. The van der Waals surface area contributed by atoms with Crippen LogP contribution in [-0.4, -0.2) is 28.6 Å². The summed E-state index contributed by atoms with van der Waals surface area (Å²) in [6, 6.07) is 9.66. The standard InChI is InChI=1S/C17H24N2/c1-3-9-18(10-4-2)16-12-15-7-5-6-14-8-11-19(13-16)17(14)15/h5-8,11,16H,3-4,9-10,12-13H2,1-2H3/t16-/m1/s1. The molecule has 0 spiro atoms. The Morgan fingerprint density at radius 2 is 1.95 bits per heavy atom. The van der Waals surface area contributed by atoms with Crippen LogP contribution in [-0.2, 0) is 13.0 Å². The molecule has 0 radical (unpaired) electrons.